The molecule has 0 radical (unpaired) electrons. The average Bonchev–Trinajstić information content (AvgIpc) is 3.37. The highest BCUT2D eigenvalue weighted by atomic mass is 19.3. The van der Waals surface area contributed by atoms with Gasteiger partial charge in [0.05, 0.1) is 56.2 Å². The zero-order chi connectivity index (χ0) is 26.6. The van der Waals surface area contributed by atoms with E-state index in [2.05, 4.69) is 25.7 Å². The summed E-state index contributed by atoms with van der Waals surface area (Å²) < 4.78 is 83.8. The van der Waals surface area contributed by atoms with E-state index in [1.807, 2.05) is 0 Å². The number of likely N-dealkylation sites (tertiary alicyclic amines) is 1. The number of aromatic nitrogens is 6. The van der Waals surface area contributed by atoms with Crippen LogP contribution in [0.2, 0.25) is 0 Å². The monoisotopic (exact) mass is 538 g/mol. The van der Waals surface area contributed by atoms with Gasteiger partial charge in [-0.3, -0.25) is 4.90 Å². The van der Waals surface area contributed by atoms with Gasteiger partial charge < -0.3 is 14.8 Å². The van der Waals surface area contributed by atoms with Crippen LogP contribution in [0.4, 0.5) is 27.9 Å². The van der Waals surface area contributed by atoms with Crippen LogP contribution >= 0.6 is 0 Å². The predicted octanol–water partition coefficient (Wildman–Crippen LogP) is 3.07. The molecule has 10 nitrogen and oxygen atoms in total. The molecule has 0 bridgehead atoms. The normalized spacial score (nSPS) is 20.3. The average molecular weight is 538 g/mol. The Hall–Kier alpha value is -3.59. The van der Waals surface area contributed by atoms with Crippen LogP contribution in [0.25, 0.3) is 27.7 Å². The highest BCUT2D eigenvalue weighted by Crippen LogP contribution is 2.36. The fraction of sp³-hybridized carbons (Fsp3) is 0.478. The minimum absolute atomic E-state index is 0.000182. The number of hydrogen-bond donors (Lipinski definition) is 1. The predicted molar refractivity (Wildman–Crippen MR) is 125 cm³/mol. The highest BCUT2D eigenvalue weighted by molar-refractivity contribution is 5.89. The van der Waals surface area contributed by atoms with E-state index in [0.717, 1.165) is 15.4 Å². The fourth-order valence-electron chi connectivity index (χ4n) is 4.93. The third-order valence-corrected chi connectivity index (χ3v) is 6.93. The molecule has 15 heteroatoms. The van der Waals surface area contributed by atoms with E-state index in [4.69, 9.17) is 9.47 Å². The summed E-state index contributed by atoms with van der Waals surface area (Å²) in [4.78, 5) is 5.96. The van der Waals surface area contributed by atoms with Gasteiger partial charge >= 0.3 is 0 Å². The van der Waals surface area contributed by atoms with Crippen LogP contribution in [0, 0.1) is 5.82 Å². The highest BCUT2D eigenvalue weighted by Gasteiger charge is 2.47. The molecule has 38 heavy (non-hydrogen) atoms. The minimum atomic E-state index is -3.06. The van der Waals surface area contributed by atoms with Crippen molar-refractivity contribution in [2.24, 2.45) is 0 Å². The maximum Gasteiger partial charge on any atom is 0.280 e. The first-order valence-corrected chi connectivity index (χ1v) is 11.9. The van der Waals surface area contributed by atoms with Crippen LogP contribution < -0.4 is 10.1 Å². The molecule has 6 rings (SSSR count). The Labute approximate surface area is 212 Å². The molecule has 4 aromatic rings. The summed E-state index contributed by atoms with van der Waals surface area (Å²) in [7, 11) is 1.32. The van der Waals surface area contributed by atoms with Crippen molar-refractivity contribution in [2.75, 3.05) is 38.7 Å². The molecule has 2 aliphatic heterocycles. The maximum atomic E-state index is 15.3. The summed E-state index contributed by atoms with van der Waals surface area (Å²) in [6, 6.07) is 3.36. The van der Waals surface area contributed by atoms with Crippen molar-refractivity contribution >= 4 is 22.5 Å². The van der Waals surface area contributed by atoms with Gasteiger partial charge in [-0.15, -0.1) is 10.2 Å². The second-order valence-electron chi connectivity index (χ2n) is 9.36. The number of hydrogen-bond acceptors (Lipinski definition) is 8. The van der Waals surface area contributed by atoms with E-state index in [0.29, 0.717) is 36.4 Å². The van der Waals surface area contributed by atoms with Gasteiger partial charge in [0.2, 0.25) is 11.8 Å². The summed E-state index contributed by atoms with van der Waals surface area (Å²) in [6.45, 7) is 0.274. The lowest BCUT2D eigenvalue weighted by Gasteiger charge is -2.44. The Morgan fingerprint density at radius 1 is 1.26 bits per heavy atom. The van der Waals surface area contributed by atoms with E-state index in [9.17, 15) is 17.6 Å². The van der Waals surface area contributed by atoms with Crippen LogP contribution in [0.5, 0.6) is 5.88 Å². The summed E-state index contributed by atoms with van der Waals surface area (Å²) in [6.07, 6.45) is -1.42. The molecule has 2 fully saturated rings. The number of piperidine rings is 1. The number of anilines is 1. The van der Waals surface area contributed by atoms with Crippen LogP contribution in [0.3, 0.4) is 0 Å². The quantitative estimate of drug-likeness (QED) is 0.359. The summed E-state index contributed by atoms with van der Waals surface area (Å²) >= 11 is 0. The van der Waals surface area contributed by atoms with Crippen molar-refractivity contribution in [3.8, 4) is 17.0 Å². The van der Waals surface area contributed by atoms with E-state index in [1.165, 1.54) is 19.2 Å². The molecular formula is C23H23F5N8O2. The van der Waals surface area contributed by atoms with Crippen LogP contribution in [-0.2, 0) is 11.3 Å². The number of nitrogens with zero attached hydrogens (tertiary/aromatic N) is 7. The number of halogens is 5. The number of rotatable bonds is 7. The number of ether oxygens (including phenoxy) is 2. The lowest BCUT2D eigenvalue weighted by atomic mass is 9.98. The molecular weight excluding hydrogens is 515 g/mol. The van der Waals surface area contributed by atoms with Crippen LogP contribution in [0.1, 0.15) is 6.42 Å². The van der Waals surface area contributed by atoms with Gasteiger partial charge in [0, 0.05) is 6.54 Å². The third-order valence-electron chi connectivity index (χ3n) is 6.93. The largest absolute Gasteiger partial charge is 0.479 e. The molecule has 3 aromatic heterocycles. The molecule has 2 aliphatic rings. The molecule has 202 valence electrons. The lowest BCUT2D eigenvalue weighted by molar-refractivity contribution is -0.131. The number of nitrogens with one attached hydrogen (secondary N) is 1. The SMILES string of the molecule is COc1nc(N[C@@H]2CCN(C3COC3)CC2(F)F)nn2cc(F)c(-c3ccc4nnn(CC(F)F)c4c3)c12. The lowest BCUT2D eigenvalue weighted by Crippen LogP contribution is -2.61. The van der Waals surface area contributed by atoms with E-state index in [1.54, 1.807) is 11.0 Å². The van der Waals surface area contributed by atoms with Crippen LogP contribution in [-0.4, -0.2) is 92.3 Å². The second-order valence-corrected chi connectivity index (χ2v) is 9.36. The Morgan fingerprint density at radius 2 is 2.08 bits per heavy atom. The van der Waals surface area contributed by atoms with Gasteiger partial charge in [0.15, 0.2) is 5.82 Å². The molecule has 0 unspecified atom stereocenters. The smallest absolute Gasteiger partial charge is 0.280 e. The molecule has 0 aliphatic carbocycles. The number of alkyl halides is 4. The minimum Gasteiger partial charge on any atom is -0.479 e. The molecule has 2 saturated heterocycles. The van der Waals surface area contributed by atoms with E-state index < -0.39 is 37.3 Å². The Morgan fingerprint density at radius 3 is 2.76 bits per heavy atom. The zero-order valence-corrected chi connectivity index (χ0v) is 20.1. The standard InChI is InChI=1S/C23H23F5N8O2/c1-37-21-20-19(12-2-3-15-16(6-12)35(33-31-15)8-18(25)26)14(24)7-36(20)32-22(30-21)29-17-4-5-34(11-23(17,27)28)13-9-38-10-13/h2-3,6-7,13,17-18H,4-5,8-11H2,1H3,(H,29,32)/t17-/m1/s1. The molecule has 0 spiro atoms. The van der Waals surface area contributed by atoms with Gasteiger partial charge in [-0.2, -0.15) is 4.98 Å². The number of methoxy groups -OCH3 is 1. The Kier molecular flexibility index (Phi) is 6.06. The van der Waals surface area contributed by atoms with Gasteiger partial charge in [0.25, 0.3) is 12.3 Å². The summed E-state index contributed by atoms with van der Waals surface area (Å²) in [5, 5.41) is 14.5. The molecule has 5 heterocycles. The molecule has 0 saturated carbocycles. The first-order valence-electron chi connectivity index (χ1n) is 11.9. The maximum absolute atomic E-state index is 15.3. The summed E-state index contributed by atoms with van der Waals surface area (Å²) in [5.41, 5.74) is 1.19. The summed E-state index contributed by atoms with van der Waals surface area (Å²) in [5.74, 6) is -3.94. The zero-order valence-electron chi connectivity index (χ0n) is 20.1. The second kappa shape index (κ2) is 9.31. The van der Waals surface area contributed by atoms with Crippen molar-refractivity contribution in [3.63, 3.8) is 0 Å². The van der Waals surface area contributed by atoms with Crippen molar-refractivity contribution in [2.45, 2.75) is 37.4 Å². The van der Waals surface area contributed by atoms with E-state index >= 15 is 4.39 Å². The van der Waals surface area contributed by atoms with E-state index in [-0.39, 0.29) is 35.4 Å². The third kappa shape index (κ3) is 4.28. The number of fused-ring (bicyclic) bond motifs is 2. The van der Waals surface area contributed by atoms with Crippen molar-refractivity contribution in [1.29, 1.82) is 0 Å². The first-order chi connectivity index (χ1) is 18.2. The van der Waals surface area contributed by atoms with Gasteiger partial charge in [-0.05, 0) is 24.1 Å². The van der Waals surface area contributed by atoms with Gasteiger partial charge in [0.1, 0.15) is 17.6 Å². The number of benzene rings is 1. The Bertz CT molecular complexity index is 1490. The topological polar surface area (TPSA) is 94.6 Å². The molecule has 1 aromatic carbocycles. The fourth-order valence-corrected chi connectivity index (χ4v) is 4.93. The first kappa shape index (κ1) is 24.7. The van der Waals surface area contributed by atoms with Gasteiger partial charge in [-0.25, -0.2) is 31.1 Å². The molecule has 0 amide bonds. The molecule has 1 N–H and O–H groups in total. The van der Waals surface area contributed by atoms with Crippen LogP contribution in [0.15, 0.2) is 24.4 Å². The van der Waals surface area contributed by atoms with Crippen molar-refractivity contribution < 1.29 is 31.4 Å². The van der Waals surface area contributed by atoms with Gasteiger partial charge in [-0.1, -0.05) is 11.3 Å². The Balaban J connectivity index is 1.33. The van der Waals surface area contributed by atoms with Crippen molar-refractivity contribution in [3.05, 3.63) is 30.2 Å². The molecule has 1 atom stereocenters. The van der Waals surface area contributed by atoms with Crippen molar-refractivity contribution in [1.82, 2.24) is 34.5 Å².